The van der Waals surface area contributed by atoms with Gasteiger partial charge >= 0.3 is 0 Å². The van der Waals surface area contributed by atoms with E-state index in [1.807, 2.05) is 36.7 Å². The number of carbonyl (C=O) groups is 1. The number of anilines is 1. The molecule has 0 unspecified atom stereocenters. The third-order valence-corrected chi connectivity index (χ3v) is 4.47. The first-order valence-corrected chi connectivity index (χ1v) is 7.65. The van der Waals surface area contributed by atoms with Crippen LogP contribution in [0, 0.1) is 0 Å². The molecule has 0 atom stereocenters. The van der Waals surface area contributed by atoms with Crippen molar-refractivity contribution in [3.8, 4) is 0 Å². The molecule has 0 aliphatic carbocycles. The molecule has 0 radical (unpaired) electrons. The molecule has 100 valence electrons. The van der Waals surface area contributed by atoms with Crippen molar-refractivity contribution < 1.29 is 4.79 Å². The summed E-state index contributed by atoms with van der Waals surface area (Å²) < 4.78 is 1.10. The van der Waals surface area contributed by atoms with Gasteiger partial charge in [-0.25, -0.2) is 0 Å². The second-order valence-electron chi connectivity index (χ2n) is 4.06. The van der Waals surface area contributed by atoms with E-state index in [2.05, 4.69) is 32.6 Å². The molecule has 0 saturated heterocycles. The van der Waals surface area contributed by atoms with Crippen molar-refractivity contribution in [3.63, 3.8) is 0 Å². The minimum absolute atomic E-state index is 0.0294. The normalized spacial score (nSPS) is 10.2. The summed E-state index contributed by atoms with van der Waals surface area (Å²) in [7, 11) is 1.86. The molecule has 1 amide bonds. The maximum absolute atomic E-state index is 11.9. The van der Waals surface area contributed by atoms with Crippen LogP contribution in [0.1, 0.15) is 15.2 Å². The Hall–Kier alpha value is -1.33. The maximum atomic E-state index is 11.9. The number of halogens is 1. The standard InChI is InChI=1S/C14H15BrN2OS/c1-16-12-4-2-10(3-5-12)14(18)17-7-6-13-8-11(15)9-19-13/h2-5,8-9,16H,6-7H2,1H3,(H,17,18). The second-order valence-corrected chi connectivity index (χ2v) is 5.98. The van der Waals surface area contributed by atoms with Crippen LogP contribution >= 0.6 is 27.3 Å². The average molecular weight is 339 g/mol. The maximum Gasteiger partial charge on any atom is 0.251 e. The van der Waals surface area contributed by atoms with Crippen LogP contribution in [-0.2, 0) is 6.42 Å². The summed E-state index contributed by atoms with van der Waals surface area (Å²) in [6, 6.07) is 9.51. The minimum Gasteiger partial charge on any atom is -0.388 e. The van der Waals surface area contributed by atoms with Gasteiger partial charge in [0.1, 0.15) is 0 Å². The Morgan fingerprint density at radius 2 is 2.05 bits per heavy atom. The lowest BCUT2D eigenvalue weighted by molar-refractivity contribution is 0.0954. The molecule has 0 fully saturated rings. The largest absolute Gasteiger partial charge is 0.388 e. The average Bonchev–Trinajstić information content (AvgIpc) is 2.84. The van der Waals surface area contributed by atoms with Crippen LogP contribution in [0.3, 0.4) is 0 Å². The predicted octanol–water partition coefficient (Wildman–Crippen LogP) is 3.52. The molecule has 1 aromatic carbocycles. The Morgan fingerprint density at radius 1 is 1.32 bits per heavy atom. The fourth-order valence-electron chi connectivity index (χ4n) is 1.67. The Labute approximate surface area is 125 Å². The van der Waals surface area contributed by atoms with E-state index in [-0.39, 0.29) is 5.91 Å². The molecule has 0 aliphatic rings. The summed E-state index contributed by atoms with van der Waals surface area (Å²) >= 11 is 5.12. The Balaban J connectivity index is 1.83. The van der Waals surface area contributed by atoms with Gasteiger partial charge in [-0.05, 0) is 52.7 Å². The van der Waals surface area contributed by atoms with Gasteiger partial charge in [0, 0.05) is 39.6 Å². The molecule has 1 aromatic heterocycles. The lowest BCUT2D eigenvalue weighted by atomic mass is 10.2. The predicted molar refractivity (Wildman–Crippen MR) is 84.0 cm³/mol. The number of amides is 1. The highest BCUT2D eigenvalue weighted by molar-refractivity contribution is 9.10. The van der Waals surface area contributed by atoms with E-state index in [0.29, 0.717) is 12.1 Å². The van der Waals surface area contributed by atoms with Gasteiger partial charge in [-0.1, -0.05) is 0 Å². The molecule has 0 bridgehead atoms. The van der Waals surface area contributed by atoms with Gasteiger partial charge < -0.3 is 10.6 Å². The van der Waals surface area contributed by atoms with E-state index in [0.717, 1.165) is 16.6 Å². The third kappa shape index (κ3) is 4.08. The summed E-state index contributed by atoms with van der Waals surface area (Å²) in [6.07, 6.45) is 0.858. The van der Waals surface area contributed by atoms with Gasteiger partial charge in [0.2, 0.25) is 0 Å². The van der Waals surface area contributed by atoms with Gasteiger partial charge in [-0.3, -0.25) is 4.79 Å². The highest BCUT2D eigenvalue weighted by Gasteiger charge is 2.05. The van der Waals surface area contributed by atoms with Gasteiger partial charge in [0.15, 0.2) is 0 Å². The number of nitrogens with one attached hydrogen (secondary N) is 2. The Kier molecular flexibility index (Phi) is 4.99. The van der Waals surface area contributed by atoms with Gasteiger partial charge in [0.05, 0.1) is 0 Å². The molecule has 1 heterocycles. The summed E-state index contributed by atoms with van der Waals surface area (Å²) in [6.45, 7) is 0.652. The number of thiophene rings is 1. The van der Waals surface area contributed by atoms with Gasteiger partial charge in [-0.15, -0.1) is 11.3 Å². The molecule has 2 rings (SSSR count). The number of hydrogen-bond acceptors (Lipinski definition) is 3. The molecule has 0 aliphatic heterocycles. The summed E-state index contributed by atoms with van der Waals surface area (Å²) in [4.78, 5) is 13.2. The van der Waals surface area contributed by atoms with E-state index >= 15 is 0 Å². The lowest BCUT2D eigenvalue weighted by Gasteiger charge is -2.05. The zero-order valence-electron chi connectivity index (χ0n) is 10.6. The monoisotopic (exact) mass is 338 g/mol. The zero-order valence-corrected chi connectivity index (χ0v) is 13.0. The van der Waals surface area contributed by atoms with Crippen molar-refractivity contribution >= 4 is 38.9 Å². The summed E-state index contributed by atoms with van der Waals surface area (Å²) in [5.74, 6) is -0.0294. The van der Waals surface area contributed by atoms with Gasteiger partial charge in [0.25, 0.3) is 5.91 Å². The number of hydrogen-bond donors (Lipinski definition) is 2. The molecule has 0 saturated carbocycles. The third-order valence-electron chi connectivity index (χ3n) is 2.71. The van der Waals surface area contributed by atoms with E-state index in [1.54, 1.807) is 11.3 Å². The fourth-order valence-corrected chi connectivity index (χ4v) is 3.13. The second kappa shape index (κ2) is 6.73. The fraction of sp³-hybridized carbons (Fsp3) is 0.214. The number of benzene rings is 1. The molecular weight excluding hydrogens is 324 g/mol. The number of carbonyl (C=O) groups excluding carboxylic acids is 1. The lowest BCUT2D eigenvalue weighted by Crippen LogP contribution is -2.25. The summed E-state index contributed by atoms with van der Waals surface area (Å²) in [5.41, 5.74) is 1.69. The first-order chi connectivity index (χ1) is 9.19. The molecular formula is C14H15BrN2OS. The Bertz CT molecular complexity index is 551. The van der Waals surface area contributed by atoms with E-state index in [4.69, 9.17) is 0 Å². The first-order valence-electron chi connectivity index (χ1n) is 5.98. The van der Waals surface area contributed by atoms with Crippen LogP contribution in [0.15, 0.2) is 40.2 Å². The zero-order chi connectivity index (χ0) is 13.7. The summed E-state index contributed by atoms with van der Waals surface area (Å²) in [5, 5.41) is 8.00. The molecule has 2 aromatic rings. The van der Waals surface area contributed by atoms with Crippen LogP contribution < -0.4 is 10.6 Å². The topological polar surface area (TPSA) is 41.1 Å². The SMILES string of the molecule is CNc1ccc(C(=O)NCCc2cc(Br)cs2)cc1. The van der Waals surface area contributed by atoms with Crippen molar-refractivity contribution in [1.82, 2.24) is 5.32 Å². The first kappa shape index (κ1) is 14.1. The molecule has 5 heteroatoms. The molecule has 2 N–H and O–H groups in total. The van der Waals surface area contributed by atoms with E-state index in [9.17, 15) is 4.79 Å². The van der Waals surface area contributed by atoms with Crippen LogP contribution in [0.5, 0.6) is 0 Å². The number of rotatable bonds is 5. The van der Waals surface area contributed by atoms with Crippen LogP contribution in [-0.4, -0.2) is 19.5 Å². The van der Waals surface area contributed by atoms with Gasteiger partial charge in [-0.2, -0.15) is 0 Å². The van der Waals surface area contributed by atoms with Crippen molar-refractivity contribution in [2.24, 2.45) is 0 Å². The van der Waals surface area contributed by atoms with Crippen LogP contribution in [0.25, 0.3) is 0 Å². The van der Waals surface area contributed by atoms with Crippen molar-refractivity contribution in [2.45, 2.75) is 6.42 Å². The molecule has 19 heavy (non-hydrogen) atoms. The van der Waals surface area contributed by atoms with Crippen molar-refractivity contribution in [1.29, 1.82) is 0 Å². The smallest absolute Gasteiger partial charge is 0.251 e. The van der Waals surface area contributed by atoms with Crippen LogP contribution in [0.2, 0.25) is 0 Å². The molecule has 0 spiro atoms. The van der Waals surface area contributed by atoms with E-state index < -0.39 is 0 Å². The molecule has 3 nitrogen and oxygen atoms in total. The van der Waals surface area contributed by atoms with Crippen LogP contribution in [0.4, 0.5) is 5.69 Å². The Morgan fingerprint density at radius 3 is 2.63 bits per heavy atom. The minimum atomic E-state index is -0.0294. The van der Waals surface area contributed by atoms with E-state index in [1.165, 1.54) is 4.88 Å². The van der Waals surface area contributed by atoms with Crippen molar-refractivity contribution in [2.75, 3.05) is 18.9 Å². The highest BCUT2D eigenvalue weighted by atomic mass is 79.9. The quantitative estimate of drug-likeness (QED) is 0.875. The highest BCUT2D eigenvalue weighted by Crippen LogP contribution is 2.19. The van der Waals surface area contributed by atoms with Crippen molar-refractivity contribution in [3.05, 3.63) is 50.6 Å².